The number of hydrogen-bond donors (Lipinski definition) is 1. The van der Waals surface area contributed by atoms with Gasteiger partial charge in [-0.3, -0.25) is 0 Å². The first-order chi connectivity index (χ1) is 7.72. The topological polar surface area (TPSA) is 51.8 Å². The molecular weight excluding hydrogens is 229 g/mol. The van der Waals surface area contributed by atoms with Crippen LogP contribution in [-0.2, 0) is 6.54 Å². The van der Waals surface area contributed by atoms with Crippen molar-refractivity contribution in [1.82, 2.24) is 9.97 Å². The lowest BCUT2D eigenvalue weighted by atomic mass is 10.1. The molecule has 0 radical (unpaired) electrons. The van der Waals surface area contributed by atoms with Crippen molar-refractivity contribution in [2.24, 2.45) is 5.73 Å². The van der Waals surface area contributed by atoms with Gasteiger partial charge in [0.2, 0.25) is 0 Å². The standard InChI is InChI=1S/C11H9ClFN3/c12-11-10(16-7(5-14)6-15-11)8-3-1-2-4-9(8)13/h1-4,6H,5,14H2. The van der Waals surface area contributed by atoms with Gasteiger partial charge in [-0.1, -0.05) is 23.7 Å². The summed E-state index contributed by atoms with van der Waals surface area (Å²) in [6.45, 7) is 0.242. The van der Waals surface area contributed by atoms with Crippen LogP contribution in [0.2, 0.25) is 5.15 Å². The molecule has 0 saturated heterocycles. The van der Waals surface area contributed by atoms with Crippen molar-refractivity contribution in [3.63, 3.8) is 0 Å². The van der Waals surface area contributed by atoms with Gasteiger partial charge in [0.25, 0.3) is 0 Å². The molecule has 0 atom stereocenters. The molecule has 2 N–H and O–H groups in total. The van der Waals surface area contributed by atoms with Crippen LogP contribution in [0, 0.1) is 5.82 Å². The van der Waals surface area contributed by atoms with E-state index in [0.29, 0.717) is 17.0 Å². The van der Waals surface area contributed by atoms with Crippen molar-refractivity contribution in [3.05, 3.63) is 47.1 Å². The number of halogens is 2. The van der Waals surface area contributed by atoms with Gasteiger partial charge in [0.1, 0.15) is 11.5 Å². The second-order valence-electron chi connectivity index (χ2n) is 3.18. The molecule has 2 rings (SSSR count). The molecule has 0 bridgehead atoms. The number of nitrogens with zero attached hydrogens (tertiary/aromatic N) is 2. The van der Waals surface area contributed by atoms with Crippen molar-refractivity contribution in [1.29, 1.82) is 0 Å². The second-order valence-corrected chi connectivity index (χ2v) is 3.54. The van der Waals surface area contributed by atoms with E-state index in [0.717, 1.165) is 0 Å². The summed E-state index contributed by atoms with van der Waals surface area (Å²) in [7, 11) is 0. The van der Waals surface area contributed by atoms with Crippen LogP contribution in [0.25, 0.3) is 11.3 Å². The van der Waals surface area contributed by atoms with Crippen LogP contribution in [0.4, 0.5) is 4.39 Å². The van der Waals surface area contributed by atoms with Crippen molar-refractivity contribution < 1.29 is 4.39 Å². The Balaban J connectivity index is 2.59. The van der Waals surface area contributed by atoms with Crippen LogP contribution in [0.15, 0.2) is 30.5 Å². The van der Waals surface area contributed by atoms with Crippen molar-refractivity contribution in [3.8, 4) is 11.3 Å². The summed E-state index contributed by atoms with van der Waals surface area (Å²) in [5, 5.41) is 0.169. The Bertz CT molecular complexity index is 516. The van der Waals surface area contributed by atoms with Crippen LogP contribution in [0.5, 0.6) is 0 Å². The monoisotopic (exact) mass is 237 g/mol. The third kappa shape index (κ3) is 2.03. The van der Waals surface area contributed by atoms with Crippen molar-refractivity contribution in [2.75, 3.05) is 0 Å². The average molecular weight is 238 g/mol. The fourth-order valence-electron chi connectivity index (χ4n) is 1.33. The predicted octanol–water partition coefficient (Wildman–Crippen LogP) is 2.39. The number of hydrogen-bond acceptors (Lipinski definition) is 3. The molecule has 1 aromatic heterocycles. The van der Waals surface area contributed by atoms with Gasteiger partial charge in [-0.05, 0) is 12.1 Å². The van der Waals surface area contributed by atoms with Crippen molar-refractivity contribution >= 4 is 11.6 Å². The van der Waals surface area contributed by atoms with Crippen LogP contribution < -0.4 is 5.73 Å². The molecule has 1 aromatic carbocycles. The summed E-state index contributed by atoms with van der Waals surface area (Å²) in [5.41, 5.74) is 6.67. The molecule has 0 aliphatic heterocycles. The third-order valence-corrected chi connectivity index (χ3v) is 2.39. The van der Waals surface area contributed by atoms with E-state index in [2.05, 4.69) is 9.97 Å². The third-order valence-electron chi connectivity index (χ3n) is 2.12. The van der Waals surface area contributed by atoms with Gasteiger partial charge in [-0.15, -0.1) is 0 Å². The highest BCUT2D eigenvalue weighted by molar-refractivity contribution is 6.31. The molecule has 1 heterocycles. The minimum atomic E-state index is -0.382. The Kier molecular flexibility index (Phi) is 3.12. The van der Waals surface area contributed by atoms with Gasteiger partial charge in [-0.2, -0.15) is 0 Å². The maximum atomic E-state index is 13.5. The van der Waals surface area contributed by atoms with E-state index in [-0.39, 0.29) is 17.5 Å². The Morgan fingerprint density at radius 1 is 1.31 bits per heavy atom. The zero-order chi connectivity index (χ0) is 11.5. The van der Waals surface area contributed by atoms with Gasteiger partial charge in [0.05, 0.1) is 11.9 Å². The Morgan fingerprint density at radius 3 is 2.75 bits per heavy atom. The summed E-state index contributed by atoms with van der Waals surface area (Å²) >= 11 is 5.88. The molecular formula is C11H9ClFN3. The summed E-state index contributed by atoms with van der Waals surface area (Å²) in [6, 6.07) is 6.27. The second kappa shape index (κ2) is 4.55. The number of aromatic nitrogens is 2. The van der Waals surface area contributed by atoms with Crippen LogP contribution >= 0.6 is 11.6 Å². The lowest BCUT2D eigenvalue weighted by Crippen LogP contribution is -2.02. The minimum Gasteiger partial charge on any atom is -0.325 e. The molecule has 0 fully saturated rings. The molecule has 0 spiro atoms. The number of rotatable bonds is 2. The van der Waals surface area contributed by atoms with Crippen LogP contribution in [0.3, 0.4) is 0 Å². The summed E-state index contributed by atoms with van der Waals surface area (Å²) < 4.78 is 13.5. The smallest absolute Gasteiger partial charge is 0.155 e. The van der Waals surface area contributed by atoms with E-state index in [4.69, 9.17) is 17.3 Å². The normalized spacial score (nSPS) is 10.4. The zero-order valence-corrected chi connectivity index (χ0v) is 9.08. The molecule has 0 amide bonds. The van der Waals surface area contributed by atoms with E-state index in [9.17, 15) is 4.39 Å². The maximum absolute atomic E-state index is 13.5. The molecule has 16 heavy (non-hydrogen) atoms. The summed E-state index contributed by atoms with van der Waals surface area (Å²) in [6.07, 6.45) is 1.48. The fourth-order valence-corrected chi connectivity index (χ4v) is 1.53. The van der Waals surface area contributed by atoms with Gasteiger partial charge >= 0.3 is 0 Å². The molecule has 0 aliphatic carbocycles. The Labute approximate surface area is 97.1 Å². The number of nitrogens with two attached hydrogens (primary N) is 1. The molecule has 3 nitrogen and oxygen atoms in total. The molecule has 2 aromatic rings. The van der Waals surface area contributed by atoms with Gasteiger partial charge in [-0.25, -0.2) is 14.4 Å². The molecule has 82 valence electrons. The molecule has 0 unspecified atom stereocenters. The number of benzene rings is 1. The first-order valence-electron chi connectivity index (χ1n) is 4.68. The van der Waals surface area contributed by atoms with Crippen molar-refractivity contribution in [2.45, 2.75) is 6.54 Å². The first-order valence-corrected chi connectivity index (χ1v) is 5.06. The molecule has 0 aliphatic rings. The van der Waals surface area contributed by atoms with Crippen LogP contribution in [0.1, 0.15) is 5.69 Å². The largest absolute Gasteiger partial charge is 0.325 e. The highest BCUT2D eigenvalue weighted by atomic mass is 35.5. The van der Waals surface area contributed by atoms with E-state index in [1.165, 1.54) is 12.3 Å². The fraction of sp³-hybridized carbons (Fsp3) is 0.0909. The maximum Gasteiger partial charge on any atom is 0.155 e. The van der Waals surface area contributed by atoms with E-state index in [1.807, 2.05) is 0 Å². The SMILES string of the molecule is NCc1cnc(Cl)c(-c2ccccc2F)n1. The van der Waals surface area contributed by atoms with E-state index < -0.39 is 0 Å². The lowest BCUT2D eigenvalue weighted by molar-refractivity contribution is 0.630. The molecule has 0 saturated carbocycles. The molecule has 5 heteroatoms. The highest BCUT2D eigenvalue weighted by Crippen LogP contribution is 2.26. The summed E-state index contributed by atoms with van der Waals surface area (Å²) in [5.74, 6) is -0.382. The van der Waals surface area contributed by atoms with E-state index >= 15 is 0 Å². The Hall–Kier alpha value is -1.52. The minimum absolute atomic E-state index is 0.169. The lowest BCUT2D eigenvalue weighted by Gasteiger charge is -2.05. The van der Waals surface area contributed by atoms with Gasteiger partial charge in [0, 0.05) is 12.1 Å². The van der Waals surface area contributed by atoms with Gasteiger partial charge in [0.15, 0.2) is 5.15 Å². The summed E-state index contributed by atoms with van der Waals surface area (Å²) in [4.78, 5) is 8.09. The quantitative estimate of drug-likeness (QED) is 0.873. The van der Waals surface area contributed by atoms with Gasteiger partial charge < -0.3 is 5.73 Å². The average Bonchev–Trinajstić information content (AvgIpc) is 2.31. The van der Waals surface area contributed by atoms with Crippen LogP contribution in [-0.4, -0.2) is 9.97 Å². The highest BCUT2D eigenvalue weighted by Gasteiger charge is 2.11. The zero-order valence-electron chi connectivity index (χ0n) is 8.32. The Morgan fingerprint density at radius 2 is 2.06 bits per heavy atom. The predicted molar refractivity (Wildman–Crippen MR) is 60.3 cm³/mol. The van der Waals surface area contributed by atoms with E-state index in [1.54, 1.807) is 18.2 Å². The first kappa shape index (κ1) is 11.0.